The number of carbonyl (C=O) groups is 2. The molecule has 1 rings (SSSR count). The highest BCUT2D eigenvalue weighted by Gasteiger charge is 2.31. The molecule has 20 heavy (non-hydrogen) atoms. The van der Waals surface area contributed by atoms with Crippen LogP contribution in [0.4, 0.5) is 0 Å². The molecule has 5 nitrogen and oxygen atoms in total. The maximum Gasteiger partial charge on any atom is 0.333 e. The molecule has 110 valence electrons. The van der Waals surface area contributed by atoms with Crippen molar-refractivity contribution in [1.82, 2.24) is 10.6 Å². The Morgan fingerprint density at radius 2 is 1.85 bits per heavy atom. The predicted molar refractivity (Wildman–Crippen MR) is 77.1 cm³/mol. The number of ether oxygens (including phenoxy) is 1. The molecular formula is C15H22N2O3. The van der Waals surface area contributed by atoms with Crippen molar-refractivity contribution in [2.24, 2.45) is 0 Å². The summed E-state index contributed by atoms with van der Waals surface area (Å²) in [6.07, 6.45) is 0. The van der Waals surface area contributed by atoms with Gasteiger partial charge < -0.3 is 15.4 Å². The number of likely N-dealkylation sites (N-methyl/N-ethyl adjacent to an activating group) is 1. The SMILES string of the molecule is CCNC(C)(C)C(=O)NC(C(=O)OC)c1ccccc1. The lowest BCUT2D eigenvalue weighted by atomic mass is 10.0. The zero-order valence-electron chi connectivity index (χ0n) is 12.4. The molecule has 1 aromatic carbocycles. The zero-order valence-corrected chi connectivity index (χ0v) is 12.4. The first-order valence-electron chi connectivity index (χ1n) is 6.61. The second-order valence-corrected chi connectivity index (χ2v) is 5.00. The summed E-state index contributed by atoms with van der Waals surface area (Å²) < 4.78 is 4.77. The lowest BCUT2D eigenvalue weighted by Crippen LogP contribution is -2.54. The highest BCUT2D eigenvalue weighted by atomic mass is 16.5. The monoisotopic (exact) mass is 278 g/mol. The van der Waals surface area contributed by atoms with Gasteiger partial charge in [0, 0.05) is 0 Å². The molecule has 0 radical (unpaired) electrons. The fraction of sp³-hybridized carbons (Fsp3) is 0.467. The average molecular weight is 278 g/mol. The van der Waals surface area contributed by atoms with E-state index in [9.17, 15) is 9.59 Å². The number of carbonyl (C=O) groups excluding carboxylic acids is 2. The van der Waals surface area contributed by atoms with Gasteiger partial charge in [0.25, 0.3) is 0 Å². The van der Waals surface area contributed by atoms with Crippen LogP contribution in [0, 0.1) is 0 Å². The van der Waals surface area contributed by atoms with Crippen LogP contribution in [-0.2, 0) is 14.3 Å². The fourth-order valence-corrected chi connectivity index (χ4v) is 1.88. The van der Waals surface area contributed by atoms with E-state index in [1.165, 1.54) is 7.11 Å². The maximum absolute atomic E-state index is 12.3. The molecule has 0 aliphatic rings. The number of hydrogen-bond donors (Lipinski definition) is 2. The first-order chi connectivity index (χ1) is 9.42. The van der Waals surface area contributed by atoms with Gasteiger partial charge in [0.05, 0.1) is 12.6 Å². The van der Waals surface area contributed by atoms with Crippen LogP contribution in [0.2, 0.25) is 0 Å². The van der Waals surface area contributed by atoms with Gasteiger partial charge in [0.1, 0.15) is 0 Å². The minimum atomic E-state index is -0.799. The third-order valence-corrected chi connectivity index (χ3v) is 3.03. The number of hydrogen-bond acceptors (Lipinski definition) is 4. The fourth-order valence-electron chi connectivity index (χ4n) is 1.88. The van der Waals surface area contributed by atoms with Gasteiger partial charge in [-0.15, -0.1) is 0 Å². The molecule has 5 heteroatoms. The molecular weight excluding hydrogens is 256 g/mol. The van der Waals surface area contributed by atoms with E-state index >= 15 is 0 Å². The summed E-state index contributed by atoms with van der Waals surface area (Å²) in [5.74, 6) is -0.740. The number of esters is 1. The highest BCUT2D eigenvalue weighted by molar-refractivity contribution is 5.90. The van der Waals surface area contributed by atoms with Crippen LogP contribution >= 0.6 is 0 Å². The van der Waals surface area contributed by atoms with Crippen LogP contribution in [0.3, 0.4) is 0 Å². The third kappa shape index (κ3) is 4.06. The Morgan fingerprint density at radius 1 is 1.25 bits per heavy atom. The van der Waals surface area contributed by atoms with E-state index in [-0.39, 0.29) is 5.91 Å². The van der Waals surface area contributed by atoms with Gasteiger partial charge >= 0.3 is 5.97 Å². The van der Waals surface area contributed by atoms with Crippen molar-refractivity contribution in [3.05, 3.63) is 35.9 Å². The van der Waals surface area contributed by atoms with E-state index in [1.807, 2.05) is 25.1 Å². The van der Waals surface area contributed by atoms with E-state index in [4.69, 9.17) is 4.74 Å². The number of methoxy groups -OCH3 is 1. The topological polar surface area (TPSA) is 67.4 Å². The van der Waals surface area contributed by atoms with Gasteiger partial charge in [0.2, 0.25) is 5.91 Å². The van der Waals surface area contributed by atoms with Gasteiger partial charge in [-0.3, -0.25) is 4.79 Å². The Hall–Kier alpha value is -1.88. The van der Waals surface area contributed by atoms with E-state index in [0.29, 0.717) is 12.1 Å². The Labute approximate surface area is 119 Å². The molecule has 0 fully saturated rings. The van der Waals surface area contributed by atoms with Crippen molar-refractivity contribution in [2.45, 2.75) is 32.4 Å². The van der Waals surface area contributed by atoms with Crippen LogP contribution in [0.25, 0.3) is 0 Å². The first kappa shape index (κ1) is 16.2. The summed E-state index contributed by atoms with van der Waals surface area (Å²) in [5, 5.41) is 5.80. The summed E-state index contributed by atoms with van der Waals surface area (Å²) in [4.78, 5) is 24.2. The van der Waals surface area contributed by atoms with Crippen LogP contribution in [-0.4, -0.2) is 31.1 Å². The Bertz CT molecular complexity index is 457. The molecule has 1 amide bonds. The Morgan fingerprint density at radius 3 is 2.35 bits per heavy atom. The smallest absolute Gasteiger partial charge is 0.333 e. The van der Waals surface area contributed by atoms with E-state index in [1.54, 1.807) is 26.0 Å². The quantitative estimate of drug-likeness (QED) is 0.772. The number of nitrogens with one attached hydrogen (secondary N) is 2. The number of amides is 1. The largest absolute Gasteiger partial charge is 0.467 e. The van der Waals surface area contributed by atoms with E-state index in [0.717, 1.165) is 0 Å². The van der Waals surface area contributed by atoms with Crippen molar-refractivity contribution in [1.29, 1.82) is 0 Å². The molecule has 0 heterocycles. The summed E-state index contributed by atoms with van der Waals surface area (Å²) in [5.41, 5.74) is -0.0597. The van der Waals surface area contributed by atoms with Crippen LogP contribution in [0.5, 0.6) is 0 Å². The third-order valence-electron chi connectivity index (χ3n) is 3.03. The van der Waals surface area contributed by atoms with Gasteiger partial charge in [-0.25, -0.2) is 4.79 Å². The predicted octanol–water partition coefficient (Wildman–Crippen LogP) is 1.40. The molecule has 0 aliphatic carbocycles. The van der Waals surface area contributed by atoms with Crippen LogP contribution < -0.4 is 10.6 Å². The Kier molecular flexibility index (Phi) is 5.70. The molecule has 0 saturated heterocycles. The molecule has 0 bridgehead atoms. The summed E-state index contributed by atoms with van der Waals surface area (Å²) in [6.45, 7) is 6.12. The lowest BCUT2D eigenvalue weighted by Gasteiger charge is -2.27. The van der Waals surface area contributed by atoms with Crippen molar-refractivity contribution in [2.75, 3.05) is 13.7 Å². The molecule has 2 N–H and O–H groups in total. The Balaban J connectivity index is 2.92. The van der Waals surface area contributed by atoms with Crippen LogP contribution in [0.15, 0.2) is 30.3 Å². The summed E-state index contributed by atoms with van der Waals surface area (Å²) in [6, 6.07) is 8.23. The molecule has 0 saturated carbocycles. The second kappa shape index (κ2) is 7.05. The normalized spacial score (nSPS) is 12.6. The van der Waals surface area contributed by atoms with Crippen molar-refractivity contribution in [3.8, 4) is 0 Å². The highest BCUT2D eigenvalue weighted by Crippen LogP contribution is 2.15. The molecule has 1 aromatic rings. The zero-order chi connectivity index (χ0) is 15.2. The molecule has 1 atom stereocenters. The molecule has 0 aromatic heterocycles. The lowest BCUT2D eigenvalue weighted by molar-refractivity contribution is -0.146. The van der Waals surface area contributed by atoms with Gasteiger partial charge in [0.15, 0.2) is 6.04 Å². The van der Waals surface area contributed by atoms with Crippen molar-refractivity contribution >= 4 is 11.9 Å². The van der Waals surface area contributed by atoms with E-state index < -0.39 is 17.6 Å². The molecule has 1 unspecified atom stereocenters. The van der Waals surface area contributed by atoms with Crippen LogP contribution in [0.1, 0.15) is 32.4 Å². The standard InChI is InChI=1S/C15H22N2O3/c1-5-16-15(2,3)14(19)17-12(13(18)20-4)11-9-7-6-8-10-11/h6-10,12,16H,5H2,1-4H3,(H,17,19). The second-order valence-electron chi connectivity index (χ2n) is 5.00. The number of rotatable bonds is 6. The summed E-state index contributed by atoms with van der Waals surface area (Å²) in [7, 11) is 1.31. The minimum Gasteiger partial charge on any atom is -0.467 e. The average Bonchev–Trinajstić information content (AvgIpc) is 2.44. The van der Waals surface area contributed by atoms with Gasteiger partial charge in [-0.05, 0) is 26.0 Å². The molecule has 0 spiro atoms. The number of benzene rings is 1. The first-order valence-corrected chi connectivity index (χ1v) is 6.61. The molecule has 0 aliphatic heterocycles. The van der Waals surface area contributed by atoms with Crippen molar-refractivity contribution in [3.63, 3.8) is 0 Å². The van der Waals surface area contributed by atoms with Gasteiger partial charge in [-0.2, -0.15) is 0 Å². The maximum atomic E-state index is 12.3. The van der Waals surface area contributed by atoms with Gasteiger partial charge in [-0.1, -0.05) is 37.3 Å². The summed E-state index contributed by atoms with van der Waals surface area (Å²) >= 11 is 0. The van der Waals surface area contributed by atoms with Crippen molar-refractivity contribution < 1.29 is 14.3 Å². The minimum absolute atomic E-state index is 0.251. The van der Waals surface area contributed by atoms with E-state index in [2.05, 4.69) is 10.6 Å².